The molecule has 2 aliphatic carbocycles. The Labute approximate surface area is 519 Å². The van der Waals surface area contributed by atoms with Crippen LogP contribution in [-0.4, -0.2) is 177 Å². The van der Waals surface area contributed by atoms with E-state index in [0.717, 1.165) is 45.2 Å². The van der Waals surface area contributed by atoms with Crippen molar-refractivity contribution >= 4 is 29.6 Å². The van der Waals surface area contributed by atoms with Crippen molar-refractivity contribution in [1.29, 1.82) is 0 Å². The molecule has 6 saturated heterocycles. The highest BCUT2D eigenvalue weighted by molar-refractivity contribution is 5.84. The number of benzene rings is 1. The van der Waals surface area contributed by atoms with Crippen molar-refractivity contribution in [3.05, 3.63) is 58.2 Å². The molecule has 6 aliphatic heterocycles. The van der Waals surface area contributed by atoms with Gasteiger partial charge in [-0.1, -0.05) is 79.7 Å². The number of likely N-dealkylation sites (tertiary alicyclic amines) is 2. The molecule has 16 atom stereocenters. The Balaban J connectivity index is 0.000000223. The topological polar surface area (TPSA) is 238 Å². The minimum absolute atomic E-state index is 0. The summed E-state index contributed by atoms with van der Waals surface area (Å²) in [5, 5.41) is 16.9. The standard InChI is InChI=1S/C30H50N2O6.C23H29NO8.C13H26N2O.CH4/c1-19(2)10-11-24-29(5,38-24)27-26(35-7)23(12-14-30(27)18-36-30)37-25(33)17-22(20(3)4)28(34)31-15-13-21-9-8-16-32(21)6;1-14(2)5-10-18-22(3,32-18)20-19(28-4)17(11-12-23(20)13-29-23)31-21(25)30-16-8-6-15(7-9-16)24(26)27;1-10(2)11(3)13(16)14-8-7-12-6-5-9-15(12)4;/h10,20-24,26-27H,8-9,11-18H2,1-7H3,(H,31,34);5-10,14,17-20H,11-13H2,1-4H3;10-12H,5-9H2,1-4H3,(H,14,16);1H4/b;10-5+;;/t21?,22-,23-,24-,26-,27?,29-,30+;17-,18-,19-,20?,22-,23+;11-,12?;/m110./s1. The van der Waals surface area contributed by atoms with E-state index in [1.807, 2.05) is 20.8 Å². The van der Waals surface area contributed by atoms with Crippen molar-refractivity contribution in [1.82, 2.24) is 20.4 Å². The Morgan fingerprint density at radius 1 is 0.747 bits per heavy atom. The van der Waals surface area contributed by atoms with Crippen LogP contribution in [0.2, 0.25) is 0 Å². The zero-order chi connectivity index (χ0) is 62.9. The number of epoxide rings is 4. The van der Waals surface area contributed by atoms with E-state index in [2.05, 4.69) is 108 Å². The summed E-state index contributed by atoms with van der Waals surface area (Å²) < 4.78 is 53.0. The first kappa shape index (κ1) is 71.5. The number of hydrogen-bond donors (Lipinski definition) is 2. The molecule has 0 radical (unpaired) electrons. The molecule has 1 aromatic rings. The van der Waals surface area contributed by atoms with Gasteiger partial charge in [-0.05, 0) is 155 Å². The quantitative estimate of drug-likeness (QED) is 0.0244. The second kappa shape index (κ2) is 31.0. The molecule has 2 saturated carbocycles. The maximum Gasteiger partial charge on any atom is 0.514 e. The number of nitro benzene ring substituents is 1. The molecule has 6 heterocycles. The zero-order valence-corrected chi connectivity index (χ0v) is 54.4. The van der Waals surface area contributed by atoms with Gasteiger partial charge in [0.1, 0.15) is 58.7 Å². The predicted octanol–water partition coefficient (Wildman–Crippen LogP) is 10.4. The van der Waals surface area contributed by atoms with E-state index in [4.69, 9.17) is 42.6 Å². The number of ether oxygens (including phenoxy) is 9. The van der Waals surface area contributed by atoms with Gasteiger partial charge in [0, 0.05) is 57.4 Å². The van der Waals surface area contributed by atoms with Gasteiger partial charge in [-0.15, -0.1) is 0 Å². The summed E-state index contributed by atoms with van der Waals surface area (Å²) in [6.45, 7) is 27.9. The number of rotatable bonds is 24. The van der Waals surface area contributed by atoms with Crippen LogP contribution >= 0.6 is 0 Å². The number of amides is 2. The highest BCUT2D eigenvalue weighted by atomic mass is 16.7. The van der Waals surface area contributed by atoms with E-state index >= 15 is 0 Å². The van der Waals surface area contributed by atoms with Crippen LogP contribution in [0.15, 0.2) is 48.1 Å². The van der Waals surface area contributed by atoms with Crippen molar-refractivity contribution < 1.29 is 66.7 Å². The molecule has 492 valence electrons. The van der Waals surface area contributed by atoms with Crippen molar-refractivity contribution in [2.45, 2.75) is 232 Å². The summed E-state index contributed by atoms with van der Waals surface area (Å²) in [4.78, 5) is 65.4. The zero-order valence-electron chi connectivity index (χ0n) is 54.4. The van der Waals surface area contributed by atoms with Crippen LogP contribution in [0, 0.1) is 51.5 Å². The number of carbonyl (C=O) groups is 4. The average molecular weight is 1220 g/mol. The molecule has 2 N–H and O–H groups in total. The van der Waals surface area contributed by atoms with Gasteiger partial charge < -0.3 is 63.1 Å². The van der Waals surface area contributed by atoms with Gasteiger partial charge in [-0.25, -0.2) is 4.79 Å². The lowest BCUT2D eigenvalue weighted by molar-refractivity contribution is -0.384. The van der Waals surface area contributed by atoms with Crippen LogP contribution in [0.3, 0.4) is 0 Å². The van der Waals surface area contributed by atoms with E-state index in [1.54, 1.807) is 14.2 Å². The van der Waals surface area contributed by atoms with Crippen LogP contribution in [0.25, 0.3) is 0 Å². The van der Waals surface area contributed by atoms with Crippen LogP contribution < -0.4 is 15.4 Å². The third kappa shape index (κ3) is 18.3. The fourth-order valence-electron chi connectivity index (χ4n) is 13.9. The van der Waals surface area contributed by atoms with Crippen LogP contribution in [-0.2, 0) is 52.3 Å². The van der Waals surface area contributed by atoms with Crippen molar-refractivity contribution in [2.75, 3.05) is 67.7 Å². The fourth-order valence-corrected chi connectivity index (χ4v) is 13.9. The van der Waals surface area contributed by atoms with Crippen LogP contribution in [0.1, 0.15) is 161 Å². The highest BCUT2D eigenvalue weighted by Gasteiger charge is 2.73. The SMILES string of the molecule is C.CC(C)[C@H](C)C(=O)NCCC1CCCN1C.CO[C@H]1C([C@]2(C)O[C@@H]2/C=C/C(C)C)[C@]2(CC[C@H]1OC(=O)Oc1ccc([N+](=O)[O-])cc1)CO2.CO[C@H]1C([C@]2(C)O[C@@H]2CC=C(C)C)[C@]2(CC[C@H]1OC(=O)C[C@@H](C(=O)NCCC1CCCN1C)C(C)C)CO2. The lowest BCUT2D eigenvalue weighted by atomic mass is 9.68. The fraction of sp³-hybridized carbons (Fsp3) is 0.791. The molecule has 0 aromatic heterocycles. The summed E-state index contributed by atoms with van der Waals surface area (Å²) in [5.41, 5.74) is -0.235. The molecule has 0 bridgehead atoms. The van der Waals surface area contributed by atoms with E-state index < -0.39 is 34.8 Å². The average Bonchev–Trinajstić information content (AvgIpc) is 1.55. The predicted molar refractivity (Wildman–Crippen MR) is 333 cm³/mol. The second-order valence-corrected chi connectivity index (χ2v) is 27.4. The Bertz CT molecular complexity index is 2500. The van der Waals surface area contributed by atoms with Gasteiger partial charge in [0.2, 0.25) is 11.8 Å². The normalized spacial score (nSPS) is 33.8. The third-order valence-corrected chi connectivity index (χ3v) is 19.9. The van der Waals surface area contributed by atoms with Gasteiger partial charge in [-0.2, -0.15) is 0 Å². The number of allylic oxidation sites excluding steroid dienone is 2. The van der Waals surface area contributed by atoms with Gasteiger partial charge in [0.25, 0.3) is 5.69 Å². The van der Waals surface area contributed by atoms with Gasteiger partial charge in [0.15, 0.2) is 0 Å². The number of methoxy groups -OCH3 is 2. The largest absolute Gasteiger partial charge is 0.514 e. The first-order chi connectivity index (χ1) is 40.7. The Morgan fingerprint density at radius 2 is 1.26 bits per heavy atom. The first-order valence-electron chi connectivity index (χ1n) is 32.0. The lowest BCUT2D eigenvalue weighted by Gasteiger charge is -2.42. The maximum atomic E-state index is 13.2. The van der Waals surface area contributed by atoms with Gasteiger partial charge in [0.05, 0.1) is 48.4 Å². The molecule has 20 heteroatoms. The summed E-state index contributed by atoms with van der Waals surface area (Å²) >= 11 is 0. The highest BCUT2D eigenvalue weighted by Crippen LogP contribution is 2.61. The van der Waals surface area contributed by atoms with E-state index in [9.17, 15) is 29.3 Å². The van der Waals surface area contributed by atoms with Crippen molar-refractivity contribution in [3.63, 3.8) is 0 Å². The summed E-state index contributed by atoms with van der Waals surface area (Å²) in [5.74, 6) is 0.444. The molecule has 4 unspecified atom stereocenters. The maximum absolute atomic E-state index is 13.2. The number of nitrogens with one attached hydrogen (secondary N) is 2. The minimum Gasteiger partial charge on any atom is -0.460 e. The first-order valence-corrected chi connectivity index (χ1v) is 32.0. The second-order valence-electron chi connectivity index (χ2n) is 27.4. The molecule has 2 amide bonds. The molecule has 87 heavy (non-hydrogen) atoms. The molecular weight excluding hydrogens is 1110 g/mol. The molecule has 2 spiro atoms. The number of non-ortho nitro benzene ring substituents is 1. The Morgan fingerprint density at radius 3 is 1.71 bits per heavy atom. The Hall–Kier alpha value is -4.54. The van der Waals surface area contributed by atoms with Crippen molar-refractivity contribution in [2.24, 2.45) is 41.4 Å². The third-order valence-electron chi connectivity index (χ3n) is 19.9. The monoisotopic (exact) mass is 1220 g/mol. The molecule has 1 aromatic carbocycles. The molecule has 8 fully saturated rings. The van der Waals surface area contributed by atoms with Crippen molar-refractivity contribution in [3.8, 4) is 5.75 Å². The Kier molecular flexibility index (Phi) is 25.5. The van der Waals surface area contributed by atoms with Gasteiger partial charge >= 0.3 is 12.1 Å². The van der Waals surface area contributed by atoms with E-state index in [1.165, 1.54) is 62.1 Å². The number of nitrogens with zero attached hydrogens (tertiary/aromatic N) is 3. The van der Waals surface area contributed by atoms with Crippen LogP contribution in [0.5, 0.6) is 5.75 Å². The number of nitro groups is 1. The number of esters is 1. The number of carbonyl (C=O) groups excluding carboxylic acids is 4. The summed E-state index contributed by atoms with van der Waals surface area (Å²) in [6, 6.07) is 6.45. The minimum atomic E-state index is -0.879. The van der Waals surface area contributed by atoms with E-state index in [0.29, 0.717) is 56.5 Å². The molecule has 8 aliphatic rings. The summed E-state index contributed by atoms with van der Waals surface area (Å²) in [7, 11) is 7.60. The lowest BCUT2D eigenvalue weighted by Crippen LogP contribution is -2.55. The molecular formula is C67H109N5O15. The molecule has 9 rings (SSSR count). The smallest absolute Gasteiger partial charge is 0.460 e. The van der Waals surface area contributed by atoms with Crippen LogP contribution in [0.4, 0.5) is 10.5 Å². The van der Waals surface area contributed by atoms with E-state index in [-0.39, 0.29) is 108 Å². The summed E-state index contributed by atoms with van der Waals surface area (Å²) in [6.07, 6.45) is 14.7. The van der Waals surface area contributed by atoms with Gasteiger partial charge in [-0.3, -0.25) is 24.5 Å². The molecule has 20 nitrogen and oxygen atoms in total. The number of hydrogen-bond acceptors (Lipinski definition) is 17.